The molecule has 7 nitrogen and oxygen atoms in total. The van der Waals surface area contributed by atoms with Gasteiger partial charge in [-0.2, -0.15) is 0 Å². The molecule has 152 valence electrons. The Morgan fingerprint density at radius 1 is 0.967 bits per heavy atom. The molecule has 3 N–H and O–H groups in total. The van der Waals surface area contributed by atoms with Crippen LogP contribution < -0.4 is 20.7 Å². The number of hydrogen-bond donors (Lipinski definition) is 3. The van der Waals surface area contributed by atoms with Gasteiger partial charge in [0.15, 0.2) is 10.9 Å². The van der Waals surface area contributed by atoms with Crippen LogP contribution in [0.3, 0.4) is 0 Å². The molecule has 0 aliphatic carbocycles. The highest BCUT2D eigenvalue weighted by atomic mass is 32.1. The first-order valence-electron chi connectivity index (χ1n) is 8.92. The molecule has 0 spiro atoms. The molecule has 0 saturated carbocycles. The zero-order valence-electron chi connectivity index (χ0n) is 16.0. The van der Waals surface area contributed by atoms with Crippen molar-refractivity contribution in [2.75, 3.05) is 17.7 Å². The van der Waals surface area contributed by atoms with Gasteiger partial charge in [-0.25, -0.2) is 0 Å². The number of nitrogens with one attached hydrogen (secondary N) is 3. The molecule has 1 heterocycles. The van der Waals surface area contributed by atoms with Crippen LogP contribution in [0.2, 0.25) is 0 Å². The lowest BCUT2D eigenvalue weighted by Gasteiger charge is -2.09. The van der Waals surface area contributed by atoms with Crippen molar-refractivity contribution < 1.29 is 18.7 Å². The molecule has 2 aromatic carbocycles. The highest BCUT2D eigenvalue weighted by Crippen LogP contribution is 2.15. The summed E-state index contributed by atoms with van der Waals surface area (Å²) in [6.45, 7) is 0. The Morgan fingerprint density at radius 2 is 1.63 bits per heavy atom. The molecule has 3 rings (SSSR count). The van der Waals surface area contributed by atoms with Gasteiger partial charge in [0.1, 0.15) is 5.75 Å². The van der Waals surface area contributed by atoms with E-state index in [0.29, 0.717) is 11.4 Å². The molecule has 1 aromatic heterocycles. The first-order valence-corrected chi connectivity index (χ1v) is 9.33. The fraction of sp³-hybridized carbons (Fsp3) is 0.0455. The van der Waals surface area contributed by atoms with E-state index in [9.17, 15) is 9.59 Å². The number of ether oxygens (including phenoxy) is 1. The Kier molecular flexibility index (Phi) is 6.96. The average molecular weight is 421 g/mol. The van der Waals surface area contributed by atoms with Crippen LogP contribution in [0.4, 0.5) is 11.4 Å². The number of benzene rings is 2. The zero-order valence-corrected chi connectivity index (χ0v) is 16.9. The Bertz CT molecular complexity index is 1040. The van der Waals surface area contributed by atoms with Crippen molar-refractivity contribution in [3.8, 4) is 5.75 Å². The smallest absolute Gasteiger partial charge is 0.291 e. The summed E-state index contributed by atoms with van der Waals surface area (Å²) in [4.78, 5) is 24.0. The summed E-state index contributed by atoms with van der Waals surface area (Å²) in [7, 11) is 1.59. The van der Waals surface area contributed by atoms with Crippen molar-refractivity contribution in [3.63, 3.8) is 0 Å². The van der Waals surface area contributed by atoms with Crippen LogP contribution in [-0.4, -0.2) is 24.0 Å². The van der Waals surface area contributed by atoms with Gasteiger partial charge in [-0.1, -0.05) is 12.1 Å². The van der Waals surface area contributed by atoms with Gasteiger partial charge in [0.25, 0.3) is 5.91 Å². The molecule has 8 heteroatoms. The van der Waals surface area contributed by atoms with E-state index in [0.717, 1.165) is 11.3 Å². The predicted molar refractivity (Wildman–Crippen MR) is 119 cm³/mol. The van der Waals surface area contributed by atoms with Crippen LogP contribution in [0.25, 0.3) is 6.08 Å². The summed E-state index contributed by atoms with van der Waals surface area (Å²) < 4.78 is 10.1. The summed E-state index contributed by atoms with van der Waals surface area (Å²) in [5, 5.41) is 8.36. The van der Waals surface area contributed by atoms with Crippen molar-refractivity contribution in [1.29, 1.82) is 0 Å². The topological polar surface area (TPSA) is 92.6 Å². The maximum absolute atomic E-state index is 12.0. The number of rotatable bonds is 6. The number of carbonyl (C=O) groups is 2. The van der Waals surface area contributed by atoms with Crippen molar-refractivity contribution in [2.45, 2.75) is 0 Å². The second kappa shape index (κ2) is 10.0. The van der Waals surface area contributed by atoms with E-state index in [4.69, 9.17) is 21.4 Å². The second-order valence-corrected chi connectivity index (χ2v) is 6.47. The maximum atomic E-state index is 12.0. The van der Waals surface area contributed by atoms with Crippen LogP contribution in [0, 0.1) is 0 Å². The van der Waals surface area contributed by atoms with Gasteiger partial charge in [0.05, 0.1) is 13.4 Å². The third-order valence-corrected chi connectivity index (χ3v) is 4.13. The molecule has 3 aromatic rings. The average Bonchev–Trinajstić information content (AvgIpc) is 3.29. The number of thiocarbonyl (C=S) groups is 1. The fourth-order valence-corrected chi connectivity index (χ4v) is 2.66. The van der Waals surface area contributed by atoms with Crippen molar-refractivity contribution in [2.24, 2.45) is 0 Å². The molecule has 0 aliphatic rings. The number of hydrogen-bond acceptors (Lipinski definition) is 5. The van der Waals surface area contributed by atoms with E-state index in [2.05, 4.69) is 16.0 Å². The molecule has 0 bridgehead atoms. The highest BCUT2D eigenvalue weighted by Gasteiger charge is 2.08. The first-order chi connectivity index (χ1) is 14.5. The molecule has 30 heavy (non-hydrogen) atoms. The van der Waals surface area contributed by atoms with E-state index >= 15 is 0 Å². The van der Waals surface area contributed by atoms with E-state index in [1.165, 1.54) is 12.3 Å². The Labute approximate surface area is 178 Å². The number of methoxy groups -OCH3 is 1. The van der Waals surface area contributed by atoms with Gasteiger partial charge in [-0.05, 0) is 72.4 Å². The minimum atomic E-state index is -0.356. The van der Waals surface area contributed by atoms with Crippen LogP contribution in [0.15, 0.2) is 77.4 Å². The number of amides is 2. The largest absolute Gasteiger partial charge is 0.497 e. The molecular weight excluding hydrogens is 402 g/mol. The van der Waals surface area contributed by atoms with E-state index in [1.807, 2.05) is 24.3 Å². The summed E-state index contributed by atoms with van der Waals surface area (Å²) in [5.74, 6) is 0.273. The summed E-state index contributed by atoms with van der Waals surface area (Å²) in [5.41, 5.74) is 2.12. The van der Waals surface area contributed by atoms with Gasteiger partial charge in [0, 0.05) is 17.5 Å². The summed E-state index contributed by atoms with van der Waals surface area (Å²) in [6, 6.07) is 17.4. The molecule has 0 fully saturated rings. The number of carbonyl (C=O) groups excluding carboxylic acids is 2. The Morgan fingerprint density at radius 3 is 2.23 bits per heavy atom. The Hall–Kier alpha value is -3.91. The minimum absolute atomic E-state index is 0.159. The highest BCUT2D eigenvalue weighted by molar-refractivity contribution is 7.80. The van der Waals surface area contributed by atoms with Gasteiger partial charge in [0.2, 0.25) is 5.91 Å². The maximum Gasteiger partial charge on any atom is 0.291 e. The summed E-state index contributed by atoms with van der Waals surface area (Å²) in [6.07, 6.45) is 4.50. The quantitative estimate of drug-likeness (QED) is 0.411. The van der Waals surface area contributed by atoms with Crippen molar-refractivity contribution in [1.82, 2.24) is 5.32 Å². The zero-order chi connectivity index (χ0) is 21.3. The monoisotopic (exact) mass is 421 g/mol. The van der Waals surface area contributed by atoms with Crippen LogP contribution in [-0.2, 0) is 4.79 Å². The normalized spacial score (nSPS) is 10.4. The number of furan rings is 1. The molecular formula is C22H19N3O4S. The second-order valence-electron chi connectivity index (χ2n) is 6.06. The minimum Gasteiger partial charge on any atom is -0.497 e. The van der Waals surface area contributed by atoms with Gasteiger partial charge in [-0.15, -0.1) is 0 Å². The van der Waals surface area contributed by atoms with Gasteiger partial charge < -0.3 is 19.8 Å². The van der Waals surface area contributed by atoms with E-state index in [1.54, 1.807) is 49.6 Å². The molecule has 0 aliphatic heterocycles. The SMILES string of the molecule is COc1ccc(/C=C/C(=O)NC(=S)Nc2ccc(NC(=O)c3ccco3)cc2)cc1. The van der Waals surface area contributed by atoms with Gasteiger partial charge >= 0.3 is 0 Å². The predicted octanol–water partition coefficient (Wildman–Crippen LogP) is 4.07. The third-order valence-electron chi connectivity index (χ3n) is 3.93. The Balaban J connectivity index is 1.48. The molecule has 2 amide bonds. The third kappa shape index (κ3) is 6.05. The van der Waals surface area contributed by atoms with Crippen molar-refractivity contribution in [3.05, 3.63) is 84.3 Å². The van der Waals surface area contributed by atoms with E-state index < -0.39 is 0 Å². The lowest BCUT2D eigenvalue weighted by atomic mass is 10.2. The summed E-state index contributed by atoms with van der Waals surface area (Å²) >= 11 is 5.16. The van der Waals surface area contributed by atoms with Crippen LogP contribution >= 0.6 is 12.2 Å². The molecule has 0 saturated heterocycles. The molecule has 0 radical (unpaired) electrons. The van der Waals surface area contributed by atoms with Crippen LogP contribution in [0.1, 0.15) is 16.1 Å². The molecule has 0 atom stereocenters. The van der Waals surface area contributed by atoms with Gasteiger partial charge in [-0.3, -0.25) is 14.9 Å². The lowest BCUT2D eigenvalue weighted by Crippen LogP contribution is -2.32. The molecule has 0 unspecified atom stereocenters. The standard InChI is InChI=1S/C22H19N3O4S/c1-28-18-11-4-15(5-12-18)6-13-20(26)25-22(30)24-17-9-7-16(8-10-17)23-21(27)19-3-2-14-29-19/h2-14H,1H3,(H,23,27)(H2,24,25,26,30)/b13-6+. The number of anilines is 2. The van der Waals surface area contributed by atoms with Crippen LogP contribution in [0.5, 0.6) is 5.75 Å². The van der Waals surface area contributed by atoms with E-state index in [-0.39, 0.29) is 22.7 Å². The van der Waals surface area contributed by atoms with Crippen molar-refractivity contribution >= 4 is 46.6 Å². The fourth-order valence-electron chi connectivity index (χ4n) is 2.44. The lowest BCUT2D eigenvalue weighted by molar-refractivity contribution is -0.115. The first kappa shape index (κ1) is 20.8.